The Labute approximate surface area is 134 Å². The van der Waals surface area contributed by atoms with Crippen molar-refractivity contribution in [1.29, 1.82) is 0 Å². The molecule has 0 aliphatic carbocycles. The van der Waals surface area contributed by atoms with Crippen molar-refractivity contribution in [3.8, 4) is 5.75 Å². The van der Waals surface area contributed by atoms with Crippen molar-refractivity contribution in [1.82, 2.24) is 10.2 Å². The van der Waals surface area contributed by atoms with Crippen LogP contribution < -0.4 is 10.1 Å². The number of para-hydroxylation sites is 1. The summed E-state index contributed by atoms with van der Waals surface area (Å²) < 4.78 is 5.46. The molecule has 0 aliphatic rings. The summed E-state index contributed by atoms with van der Waals surface area (Å²) in [7, 11) is 5.76. The van der Waals surface area contributed by atoms with E-state index in [9.17, 15) is 4.79 Å². The Kier molecular flexibility index (Phi) is 7.39. The third-order valence-electron chi connectivity index (χ3n) is 4.19. The average Bonchev–Trinajstić information content (AvgIpc) is 2.51. The van der Waals surface area contributed by atoms with Gasteiger partial charge in [-0.15, -0.1) is 0 Å². The lowest BCUT2D eigenvalue weighted by atomic mass is 9.76. The normalized spacial score (nSPS) is 13.7. The summed E-state index contributed by atoms with van der Waals surface area (Å²) in [5.41, 5.74) is 0.890. The molecule has 0 saturated heterocycles. The predicted octanol–water partition coefficient (Wildman–Crippen LogP) is 2.82. The fraction of sp³-hybridized carbons (Fsp3) is 0.611. The summed E-state index contributed by atoms with van der Waals surface area (Å²) in [4.78, 5) is 14.4. The third kappa shape index (κ3) is 5.34. The Morgan fingerprint density at radius 2 is 2.00 bits per heavy atom. The van der Waals surface area contributed by atoms with E-state index >= 15 is 0 Å². The maximum absolute atomic E-state index is 12.3. The predicted molar refractivity (Wildman–Crippen MR) is 91.4 cm³/mol. The molecule has 0 spiro atoms. The highest BCUT2D eigenvalue weighted by Crippen LogP contribution is 2.37. The standard InChI is InChI=1S/C18H30N2O2/c1-6-18(2,15-10-7-8-11-16(15)22-5)14-17(21)19-12-9-13-20(3)4/h7-8,10-11H,6,9,12-14H2,1-5H3,(H,19,21). The van der Waals surface area contributed by atoms with Gasteiger partial charge in [0.2, 0.25) is 5.91 Å². The summed E-state index contributed by atoms with van der Waals surface area (Å²) in [6, 6.07) is 7.97. The summed E-state index contributed by atoms with van der Waals surface area (Å²) in [5, 5.41) is 3.03. The van der Waals surface area contributed by atoms with Crippen molar-refractivity contribution in [3.63, 3.8) is 0 Å². The van der Waals surface area contributed by atoms with E-state index < -0.39 is 0 Å². The molecule has 4 heteroatoms. The smallest absolute Gasteiger partial charge is 0.220 e. The number of methoxy groups -OCH3 is 1. The number of ether oxygens (including phenoxy) is 1. The quantitative estimate of drug-likeness (QED) is 0.713. The van der Waals surface area contributed by atoms with Crippen LogP contribution in [-0.4, -0.2) is 45.1 Å². The van der Waals surface area contributed by atoms with Crippen molar-refractivity contribution >= 4 is 5.91 Å². The van der Waals surface area contributed by atoms with Crippen LogP contribution in [-0.2, 0) is 10.2 Å². The van der Waals surface area contributed by atoms with E-state index in [-0.39, 0.29) is 11.3 Å². The lowest BCUT2D eigenvalue weighted by Gasteiger charge is -2.29. The molecular formula is C18H30N2O2. The molecule has 1 N–H and O–H groups in total. The Hall–Kier alpha value is -1.55. The van der Waals surface area contributed by atoms with E-state index in [1.807, 2.05) is 32.3 Å². The molecule has 4 nitrogen and oxygen atoms in total. The molecule has 1 rings (SSSR count). The summed E-state index contributed by atoms with van der Waals surface area (Å²) >= 11 is 0. The van der Waals surface area contributed by atoms with E-state index in [0.29, 0.717) is 6.42 Å². The van der Waals surface area contributed by atoms with Gasteiger partial charge in [0, 0.05) is 23.9 Å². The zero-order valence-electron chi connectivity index (χ0n) is 14.6. The van der Waals surface area contributed by atoms with Gasteiger partial charge in [-0.3, -0.25) is 4.79 Å². The van der Waals surface area contributed by atoms with Gasteiger partial charge >= 0.3 is 0 Å². The lowest BCUT2D eigenvalue weighted by molar-refractivity contribution is -0.122. The monoisotopic (exact) mass is 306 g/mol. The summed E-state index contributed by atoms with van der Waals surface area (Å²) in [5.74, 6) is 0.960. The Balaban J connectivity index is 2.68. The van der Waals surface area contributed by atoms with Crippen molar-refractivity contribution in [2.75, 3.05) is 34.3 Å². The van der Waals surface area contributed by atoms with Gasteiger partial charge in [0.05, 0.1) is 7.11 Å². The van der Waals surface area contributed by atoms with Crippen molar-refractivity contribution in [2.24, 2.45) is 0 Å². The van der Waals surface area contributed by atoms with Gasteiger partial charge in [0.15, 0.2) is 0 Å². The van der Waals surface area contributed by atoms with E-state index in [1.165, 1.54) is 0 Å². The maximum atomic E-state index is 12.3. The van der Waals surface area contributed by atoms with Crippen LogP contribution in [0.5, 0.6) is 5.75 Å². The molecule has 1 amide bonds. The summed E-state index contributed by atoms with van der Waals surface area (Å²) in [6.45, 7) is 5.95. The SMILES string of the molecule is CCC(C)(CC(=O)NCCCN(C)C)c1ccccc1OC. The van der Waals surface area contributed by atoms with Crippen LogP contribution in [0.4, 0.5) is 0 Å². The lowest BCUT2D eigenvalue weighted by Crippen LogP contribution is -2.34. The first-order valence-electron chi connectivity index (χ1n) is 7.98. The molecular weight excluding hydrogens is 276 g/mol. The Morgan fingerprint density at radius 3 is 2.59 bits per heavy atom. The van der Waals surface area contributed by atoms with E-state index in [1.54, 1.807) is 7.11 Å². The number of hydrogen-bond donors (Lipinski definition) is 1. The van der Waals surface area contributed by atoms with Crippen LogP contribution in [0.15, 0.2) is 24.3 Å². The molecule has 0 radical (unpaired) electrons. The first-order chi connectivity index (χ1) is 10.4. The minimum atomic E-state index is -0.210. The van der Waals surface area contributed by atoms with Crippen LogP contribution in [0, 0.1) is 0 Å². The second kappa shape index (κ2) is 8.79. The topological polar surface area (TPSA) is 41.6 Å². The highest BCUT2D eigenvalue weighted by atomic mass is 16.5. The number of carbonyl (C=O) groups is 1. The molecule has 0 aliphatic heterocycles. The molecule has 124 valence electrons. The molecule has 1 atom stereocenters. The molecule has 0 saturated carbocycles. The van der Waals surface area contributed by atoms with Gasteiger partial charge in [-0.2, -0.15) is 0 Å². The van der Waals surface area contributed by atoms with Gasteiger partial charge < -0.3 is 15.0 Å². The van der Waals surface area contributed by atoms with Crippen LogP contribution >= 0.6 is 0 Å². The van der Waals surface area contributed by atoms with Crippen LogP contribution in [0.2, 0.25) is 0 Å². The van der Waals surface area contributed by atoms with E-state index in [2.05, 4.69) is 30.1 Å². The molecule has 0 fully saturated rings. The molecule has 1 unspecified atom stereocenters. The van der Waals surface area contributed by atoms with Crippen LogP contribution in [0.3, 0.4) is 0 Å². The van der Waals surface area contributed by atoms with Gasteiger partial charge in [0.25, 0.3) is 0 Å². The van der Waals surface area contributed by atoms with Gasteiger partial charge in [-0.1, -0.05) is 32.0 Å². The highest BCUT2D eigenvalue weighted by Gasteiger charge is 2.30. The fourth-order valence-electron chi connectivity index (χ4n) is 2.59. The van der Waals surface area contributed by atoms with Crippen molar-refractivity contribution in [3.05, 3.63) is 29.8 Å². The number of nitrogens with one attached hydrogen (secondary N) is 1. The third-order valence-corrected chi connectivity index (χ3v) is 4.19. The first kappa shape index (κ1) is 18.5. The van der Waals surface area contributed by atoms with Gasteiger partial charge in [-0.25, -0.2) is 0 Å². The van der Waals surface area contributed by atoms with Crippen LogP contribution in [0.25, 0.3) is 0 Å². The summed E-state index contributed by atoms with van der Waals surface area (Å²) in [6.07, 6.45) is 2.33. The van der Waals surface area contributed by atoms with Crippen LogP contribution in [0.1, 0.15) is 38.7 Å². The van der Waals surface area contributed by atoms with Crippen molar-refractivity contribution in [2.45, 2.75) is 38.5 Å². The number of hydrogen-bond acceptors (Lipinski definition) is 3. The second-order valence-corrected chi connectivity index (χ2v) is 6.30. The maximum Gasteiger partial charge on any atom is 0.220 e. The number of benzene rings is 1. The van der Waals surface area contributed by atoms with Gasteiger partial charge in [0.1, 0.15) is 5.75 Å². The second-order valence-electron chi connectivity index (χ2n) is 6.30. The van der Waals surface area contributed by atoms with Crippen molar-refractivity contribution < 1.29 is 9.53 Å². The molecule has 0 aromatic heterocycles. The minimum Gasteiger partial charge on any atom is -0.496 e. The fourth-order valence-corrected chi connectivity index (χ4v) is 2.59. The minimum absolute atomic E-state index is 0.106. The van der Waals surface area contributed by atoms with Gasteiger partial charge in [-0.05, 0) is 39.5 Å². The number of carbonyl (C=O) groups excluding carboxylic acids is 1. The number of amides is 1. The number of nitrogens with zero attached hydrogens (tertiary/aromatic N) is 1. The average molecular weight is 306 g/mol. The van der Waals surface area contributed by atoms with E-state index in [4.69, 9.17) is 4.74 Å². The zero-order chi connectivity index (χ0) is 16.6. The molecule has 0 heterocycles. The Bertz CT molecular complexity index is 474. The molecule has 1 aromatic carbocycles. The first-order valence-corrected chi connectivity index (χ1v) is 7.98. The largest absolute Gasteiger partial charge is 0.496 e. The number of rotatable bonds is 9. The highest BCUT2D eigenvalue weighted by molar-refractivity contribution is 5.77. The molecule has 22 heavy (non-hydrogen) atoms. The molecule has 0 bridgehead atoms. The molecule has 1 aromatic rings. The zero-order valence-corrected chi connectivity index (χ0v) is 14.6. The Morgan fingerprint density at radius 1 is 1.32 bits per heavy atom. The van der Waals surface area contributed by atoms with E-state index in [0.717, 1.165) is 37.2 Å².